The quantitative estimate of drug-likeness (QED) is 0.838. The molecule has 2 aromatic rings. The number of aromatic nitrogens is 1. The molecule has 1 aliphatic heterocycles. The summed E-state index contributed by atoms with van der Waals surface area (Å²) in [5, 5.41) is 6.70. The lowest BCUT2D eigenvalue weighted by Crippen LogP contribution is -2.30. The third kappa shape index (κ3) is 2.52. The van der Waals surface area contributed by atoms with E-state index < -0.39 is 0 Å². The number of imide groups is 1. The van der Waals surface area contributed by atoms with Crippen LogP contribution in [0.3, 0.4) is 0 Å². The van der Waals surface area contributed by atoms with E-state index in [2.05, 4.69) is 15.6 Å². The number of carbonyl (C=O) groups excluding carboxylic acids is 2. The molecular formula is C15H16N4O2. The molecule has 1 fully saturated rings. The summed E-state index contributed by atoms with van der Waals surface area (Å²) < 4.78 is 0. The number of fused-ring (bicyclic) bond motifs is 1. The molecule has 1 aliphatic rings. The number of anilines is 1. The summed E-state index contributed by atoms with van der Waals surface area (Å²) in [5.41, 5.74) is 1.72. The molecule has 0 unspecified atom stereocenters. The van der Waals surface area contributed by atoms with Gasteiger partial charge in [0.2, 0.25) is 5.91 Å². The molecule has 0 saturated carbocycles. The molecule has 21 heavy (non-hydrogen) atoms. The topological polar surface area (TPSA) is 74.3 Å². The SMILES string of the molecule is CCNc1nc2ccccc2cc1CN1C(=O)CNC1=O. The Morgan fingerprint density at radius 1 is 1.33 bits per heavy atom. The molecule has 3 rings (SSSR count). The van der Waals surface area contributed by atoms with Gasteiger partial charge in [0.25, 0.3) is 0 Å². The lowest BCUT2D eigenvalue weighted by Gasteiger charge is -2.16. The zero-order chi connectivity index (χ0) is 14.8. The first-order chi connectivity index (χ1) is 10.2. The summed E-state index contributed by atoms with van der Waals surface area (Å²) in [7, 11) is 0. The van der Waals surface area contributed by atoms with Crippen molar-refractivity contribution in [3.05, 3.63) is 35.9 Å². The molecule has 0 radical (unpaired) electrons. The van der Waals surface area contributed by atoms with Gasteiger partial charge in [0, 0.05) is 17.5 Å². The smallest absolute Gasteiger partial charge is 0.324 e. The highest BCUT2D eigenvalue weighted by Gasteiger charge is 2.29. The van der Waals surface area contributed by atoms with Crippen molar-refractivity contribution in [2.75, 3.05) is 18.4 Å². The van der Waals surface area contributed by atoms with E-state index in [1.807, 2.05) is 37.3 Å². The maximum atomic E-state index is 11.7. The van der Waals surface area contributed by atoms with E-state index in [1.54, 1.807) is 0 Å². The first kappa shape index (κ1) is 13.4. The van der Waals surface area contributed by atoms with Crippen LogP contribution >= 0.6 is 0 Å². The van der Waals surface area contributed by atoms with E-state index >= 15 is 0 Å². The molecule has 0 atom stereocenters. The van der Waals surface area contributed by atoms with Gasteiger partial charge in [-0.2, -0.15) is 0 Å². The number of amides is 3. The molecule has 1 aromatic carbocycles. The molecule has 1 aromatic heterocycles. The summed E-state index contributed by atoms with van der Waals surface area (Å²) in [4.78, 5) is 29.2. The van der Waals surface area contributed by atoms with Crippen LogP contribution in [0.4, 0.5) is 10.6 Å². The number of para-hydroxylation sites is 1. The summed E-state index contributed by atoms with van der Waals surface area (Å²) in [6, 6.07) is 9.40. The monoisotopic (exact) mass is 284 g/mol. The van der Waals surface area contributed by atoms with Gasteiger partial charge in [0.1, 0.15) is 5.82 Å². The van der Waals surface area contributed by atoms with Gasteiger partial charge in [-0.1, -0.05) is 18.2 Å². The predicted molar refractivity (Wildman–Crippen MR) is 79.9 cm³/mol. The molecule has 2 N–H and O–H groups in total. The van der Waals surface area contributed by atoms with E-state index in [9.17, 15) is 9.59 Å². The minimum absolute atomic E-state index is 0.0659. The first-order valence-electron chi connectivity index (χ1n) is 6.89. The maximum Gasteiger partial charge on any atom is 0.324 e. The van der Waals surface area contributed by atoms with Crippen LogP contribution < -0.4 is 10.6 Å². The minimum Gasteiger partial charge on any atom is -0.370 e. The highest BCUT2D eigenvalue weighted by molar-refractivity contribution is 6.02. The molecule has 0 spiro atoms. The Bertz CT molecular complexity index is 698. The van der Waals surface area contributed by atoms with Crippen LogP contribution in [0.5, 0.6) is 0 Å². The summed E-state index contributed by atoms with van der Waals surface area (Å²) in [6.07, 6.45) is 0. The number of pyridine rings is 1. The number of nitrogens with zero attached hydrogens (tertiary/aromatic N) is 2. The summed E-state index contributed by atoms with van der Waals surface area (Å²) in [6.45, 7) is 2.99. The van der Waals surface area contributed by atoms with Crippen LogP contribution in [0, 0.1) is 0 Å². The van der Waals surface area contributed by atoms with E-state index in [0.717, 1.165) is 23.0 Å². The molecule has 1 saturated heterocycles. The fraction of sp³-hybridized carbons (Fsp3) is 0.267. The summed E-state index contributed by atoms with van der Waals surface area (Å²) >= 11 is 0. The van der Waals surface area contributed by atoms with Crippen molar-refractivity contribution in [1.82, 2.24) is 15.2 Å². The lowest BCUT2D eigenvalue weighted by atomic mass is 10.1. The van der Waals surface area contributed by atoms with E-state index in [0.29, 0.717) is 5.82 Å². The highest BCUT2D eigenvalue weighted by Crippen LogP contribution is 2.22. The van der Waals surface area contributed by atoms with Gasteiger partial charge in [-0.25, -0.2) is 9.78 Å². The summed E-state index contributed by atoms with van der Waals surface area (Å²) in [5.74, 6) is 0.499. The molecule has 3 amide bonds. The molecule has 0 aliphatic carbocycles. The van der Waals surface area contributed by atoms with Crippen molar-refractivity contribution in [1.29, 1.82) is 0 Å². The second-order valence-corrected chi connectivity index (χ2v) is 4.86. The Morgan fingerprint density at radius 3 is 2.86 bits per heavy atom. The number of benzene rings is 1. The second-order valence-electron chi connectivity index (χ2n) is 4.86. The number of nitrogens with one attached hydrogen (secondary N) is 2. The van der Waals surface area contributed by atoms with Crippen LogP contribution in [-0.4, -0.2) is 34.9 Å². The zero-order valence-corrected chi connectivity index (χ0v) is 11.7. The number of hydrogen-bond acceptors (Lipinski definition) is 4. The van der Waals surface area contributed by atoms with Crippen molar-refractivity contribution < 1.29 is 9.59 Å². The zero-order valence-electron chi connectivity index (χ0n) is 11.7. The van der Waals surface area contributed by atoms with Crippen molar-refractivity contribution >= 4 is 28.7 Å². The van der Waals surface area contributed by atoms with Crippen LogP contribution in [-0.2, 0) is 11.3 Å². The Kier molecular flexibility index (Phi) is 3.43. The Balaban J connectivity index is 2.01. The average Bonchev–Trinajstić information content (AvgIpc) is 2.80. The Hall–Kier alpha value is -2.63. The first-order valence-corrected chi connectivity index (χ1v) is 6.89. The third-order valence-electron chi connectivity index (χ3n) is 3.41. The number of rotatable bonds is 4. The normalized spacial score (nSPS) is 14.6. The van der Waals surface area contributed by atoms with E-state index in [1.165, 1.54) is 4.90 Å². The minimum atomic E-state index is -0.351. The van der Waals surface area contributed by atoms with Crippen molar-refractivity contribution in [2.24, 2.45) is 0 Å². The molecule has 108 valence electrons. The van der Waals surface area contributed by atoms with Gasteiger partial charge in [0.05, 0.1) is 18.6 Å². The van der Waals surface area contributed by atoms with Crippen molar-refractivity contribution in [2.45, 2.75) is 13.5 Å². The van der Waals surface area contributed by atoms with Crippen LogP contribution in [0.2, 0.25) is 0 Å². The second kappa shape index (κ2) is 5.40. The standard InChI is InChI=1S/C15H16N4O2/c1-2-16-14-11(9-19-13(20)8-17-15(19)21)7-10-5-3-4-6-12(10)18-14/h3-7H,2,8-9H2,1H3,(H,16,18)(H,17,21). The third-order valence-corrected chi connectivity index (χ3v) is 3.41. The number of carbonyl (C=O) groups is 2. The van der Waals surface area contributed by atoms with Crippen LogP contribution in [0.1, 0.15) is 12.5 Å². The number of urea groups is 1. The van der Waals surface area contributed by atoms with Gasteiger partial charge in [-0.3, -0.25) is 9.69 Å². The largest absolute Gasteiger partial charge is 0.370 e. The Labute approximate surface area is 122 Å². The molecular weight excluding hydrogens is 268 g/mol. The van der Waals surface area contributed by atoms with Gasteiger partial charge in [-0.15, -0.1) is 0 Å². The molecule has 6 heteroatoms. The Morgan fingerprint density at radius 2 is 2.14 bits per heavy atom. The fourth-order valence-corrected chi connectivity index (χ4v) is 2.39. The van der Waals surface area contributed by atoms with Gasteiger partial charge in [0.15, 0.2) is 0 Å². The van der Waals surface area contributed by atoms with E-state index in [4.69, 9.17) is 0 Å². The predicted octanol–water partition coefficient (Wildman–Crippen LogP) is 1.72. The maximum absolute atomic E-state index is 11.7. The average molecular weight is 284 g/mol. The molecule has 6 nitrogen and oxygen atoms in total. The van der Waals surface area contributed by atoms with Crippen LogP contribution in [0.25, 0.3) is 10.9 Å². The lowest BCUT2D eigenvalue weighted by molar-refractivity contribution is -0.125. The van der Waals surface area contributed by atoms with Crippen molar-refractivity contribution in [3.63, 3.8) is 0 Å². The molecule has 2 heterocycles. The highest BCUT2D eigenvalue weighted by atomic mass is 16.2. The van der Waals surface area contributed by atoms with Gasteiger partial charge >= 0.3 is 6.03 Å². The van der Waals surface area contributed by atoms with E-state index in [-0.39, 0.29) is 25.0 Å². The van der Waals surface area contributed by atoms with Crippen molar-refractivity contribution in [3.8, 4) is 0 Å². The van der Waals surface area contributed by atoms with Gasteiger partial charge < -0.3 is 10.6 Å². The van der Waals surface area contributed by atoms with Crippen LogP contribution in [0.15, 0.2) is 30.3 Å². The molecule has 0 bridgehead atoms. The fourth-order valence-electron chi connectivity index (χ4n) is 2.39. The van der Waals surface area contributed by atoms with Gasteiger partial charge in [-0.05, 0) is 19.1 Å². The number of hydrogen-bond donors (Lipinski definition) is 2.